The third-order valence-corrected chi connectivity index (χ3v) is 2.75. The summed E-state index contributed by atoms with van der Waals surface area (Å²) < 4.78 is 1.95. The Morgan fingerprint density at radius 3 is 2.61 bits per heavy atom. The van der Waals surface area contributed by atoms with Crippen LogP contribution in [0.25, 0.3) is 11.0 Å². The van der Waals surface area contributed by atoms with Crippen molar-refractivity contribution in [1.82, 2.24) is 9.55 Å². The van der Waals surface area contributed by atoms with Gasteiger partial charge in [0.1, 0.15) is 0 Å². The van der Waals surface area contributed by atoms with E-state index in [0.29, 0.717) is 24.5 Å². The molecule has 1 aromatic heterocycles. The average molecular weight is 264 g/mol. The second-order valence-electron chi connectivity index (χ2n) is 3.58. The van der Waals surface area contributed by atoms with Gasteiger partial charge in [-0.15, -0.1) is 0 Å². The Morgan fingerprint density at radius 1 is 1.33 bits per heavy atom. The number of carbonyl (C=O) groups excluding carboxylic acids is 1. The Kier molecular flexibility index (Phi) is 5.92. The van der Waals surface area contributed by atoms with Gasteiger partial charge in [-0.3, -0.25) is 4.79 Å². The van der Waals surface area contributed by atoms with Gasteiger partial charge in [0.2, 0.25) is 0 Å². The van der Waals surface area contributed by atoms with Crippen LogP contribution in [0.4, 0.5) is 0 Å². The van der Waals surface area contributed by atoms with Crippen molar-refractivity contribution in [1.29, 1.82) is 0 Å². The van der Waals surface area contributed by atoms with Crippen molar-refractivity contribution >= 4 is 29.4 Å². The normalized spacial score (nSPS) is 10.0. The number of hydrogen-bond donors (Lipinski definition) is 1. The maximum Gasteiger partial charge on any atom is 0.198 e. The molecule has 0 spiro atoms. The van der Waals surface area contributed by atoms with E-state index in [4.69, 9.17) is 0 Å². The molecule has 18 heavy (non-hydrogen) atoms. The maximum absolute atomic E-state index is 11.8. The largest absolute Gasteiger partial charge is 0.321 e. The number of imidazole rings is 1. The molecule has 0 bridgehead atoms. The minimum atomic E-state index is 0.0815. The van der Waals surface area contributed by atoms with E-state index in [0.717, 1.165) is 11.0 Å². The van der Waals surface area contributed by atoms with Gasteiger partial charge >= 0.3 is 0 Å². The van der Waals surface area contributed by atoms with E-state index in [2.05, 4.69) is 17.6 Å². The molecule has 0 N–H and O–H groups in total. The molecular weight excluding hydrogens is 244 g/mol. The lowest BCUT2D eigenvalue weighted by molar-refractivity contribution is 0.0975. The van der Waals surface area contributed by atoms with Gasteiger partial charge in [-0.2, -0.15) is 12.6 Å². The van der Waals surface area contributed by atoms with Crippen molar-refractivity contribution < 1.29 is 4.79 Å². The predicted octanol–water partition coefficient (Wildman–Crippen LogP) is 3.59. The number of para-hydroxylation sites is 2. The quantitative estimate of drug-likeness (QED) is 0.676. The molecule has 0 fully saturated rings. The summed E-state index contributed by atoms with van der Waals surface area (Å²) in [6.07, 6.45) is 0.482. The molecular formula is C14H20N2OS. The van der Waals surface area contributed by atoms with Crippen molar-refractivity contribution in [3.63, 3.8) is 0 Å². The maximum atomic E-state index is 11.8. The summed E-state index contributed by atoms with van der Waals surface area (Å²) in [5, 5.41) is 0. The van der Waals surface area contributed by atoms with Crippen LogP contribution in [0.15, 0.2) is 24.3 Å². The Labute approximate surface area is 114 Å². The van der Waals surface area contributed by atoms with Crippen molar-refractivity contribution in [2.75, 3.05) is 5.75 Å². The summed E-state index contributed by atoms with van der Waals surface area (Å²) in [5.74, 6) is 1.33. The number of hydrogen-bond acceptors (Lipinski definition) is 3. The van der Waals surface area contributed by atoms with Crippen LogP contribution in [-0.2, 0) is 6.54 Å². The van der Waals surface area contributed by atoms with E-state index >= 15 is 0 Å². The van der Waals surface area contributed by atoms with Gasteiger partial charge in [-0.05, 0) is 12.1 Å². The number of nitrogens with zero attached hydrogens (tertiary/aromatic N) is 2. The molecule has 0 atom stereocenters. The molecule has 2 rings (SSSR count). The van der Waals surface area contributed by atoms with Crippen LogP contribution in [0.1, 0.15) is 37.8 Å². The molecule has 0 saturated carbocycles. The summed E-state index contributed by atoms with van der Waals surface area (Å²) in [4.78, 5) is 16.2. The van der Waals surface area contributed by atoms with E-state index in [1.54, 1.807) is 0 Å². The van der Waals surface area contributed by atoms with Crippen molar-refractivity contribution in [3.05, 3.63) is 30.1 Å². The minimum Gasteiger partial charge on any atom is -0.321 e. The summed E-state index contributed by atoms with van der Waals surface area (Å²) in [5.41, 5.74) is 1.88. The number of rotatable bonds is 4. The van der Waals surface area contributed by atoms with Gasteiger partial charge in [0.25, 0.3) is 0 Å². The number of benzene rings is 1. The fourth-order valence-corrected chi connectivity index (χ4v) is 1.97. The van der Waals surface area contributed by atoms with Crippen LogP contribution < -0.4 is 0 Å². The Balaban J connectivity index is 0.000000771. The molecule has 0 aliphatic heterocycles. The van der Waals surface area contributed by atoms with E-state index in [9.17, 15) is 4.79 Å². The topological polar surface area (TPSA) is 34.9 Å². The van der Waals surface area contributed by atoms with E-state index in [1.165, 1.54) is 0 Å². The van der Waals surface area contributed by atoms with Crippen LogP contribution in [-0.4, -0.2) is 21.1 Å². The SMILES string of the molecule is CC.CCC(=O)c1nc2ccccc2n1CCS. The highest BCUT2D eigenvalue weighted by molar-refractivity contribution is 7.80. The predicted molar refractivity (Wildman–Crippen MR) is 79.6 cm³/mol. The van der Waals surface area contributed by atoms with Gasteiger partial charge in [0.05, 0.1) is 11.0 Å². The number of carbonyl (C=O) groups is 1. The summed E-state index contributed by atoms with van der Waals surface area (Å²) in [6.45, 7) is 6.57. The molecule has 0 aliphatic carbocycles. The highest BCUT2D eigenvalue weighted by Crippen LogP contribution is 2.17. The van der Waals surface area contributed by atoms with Crippen LogP contribution in [0.3, 0.4) is 0 Å². The zero-order valence-corrected chi connectivity index (χ0v) is 12.1. The lowest BCUT2D eigenvalue weighted by Crippen LogP contribution is -2.10. The van der Waals surface area contributed by atoms with Gasteiger partial charge in [0, 0.05) is 18.7 Å². The highest BCUT2D eigenvalue weighted by Gasteiger charge is 2.14. The lowest BCUT2D eigenvalue weighted by Gasteiger charge is -2.05. The average Bonchev–Trinajstić information content (AvgIpc) is 2.80. The fraction of sp³-hybridized carbons (Fsp3) is 0.429. The van der Waals surface area contributed by atoms with Gasteiger partial charge in [-0.25, -0.2) is 4.98 Å². The van der Waals surface area contributed by atoms with Crippen molar-refractivity contribution in [2.45, 2.75) is 33.7 Å². The number of thiol groups is 1. The monoisotopic (exact) mass is 264 g/mol. The minimum absolute atomic E-state index is 0.0815. The number of Topliss-reactive ketones (excluding diaryl/α,β-unsaturated/α-hetero) is 1. The number of aryl methyl sites for hydroxylation is 1. The number of fused-ring (bicyclic) bond motifs is 1. The molecule has 4 heteroatoms. The summed E-state index contributed by atoms with van der Waals surface area (Å²) in [6, 6.07) is 7.80. The molecule has 1 heterocycles. The molecule has 0 radical (unpaired) electrons. The van der Waals surface area contributed by atoms with E-state index in [1.807, 2.05) is 49.6 Å². The molecule has 0 aliphatic rings. The highest BCUT2D eigenvalue weighted by atomic mass is 32.1. The third-order valence-electron chi connectivity index (χ3n) is 2.55. The molecule has 2 aromatic rings. The number of ketones is 1. The first-order chi connectivity index (χ1) is 8.77. The zero-order chi connectivity index (χ0) is 13.5. The molecule has 98 valence electrons. The van der Waals surface area contributed by atoms with Gasteiger partial charge in [0.15, 0.2) is 11.6 Å². The molecule has 0 amide bonds. The second-order valence-corrected chi connectivity index (χ2v) is 4.02. The molecule has 0 saturated heterocycles. The van der Waals surface area contributed by atoms with Crippen molar-refractivity contribution in [3.8, 4) is 0 Å². The Hall–Kier alpha value is -1.29. The number of aromatic nitrogens is 2. The first-order valence-electron chi connectivity index (χ1n) is 6.37. The zero-order valence-electron chi connectivity index (χ0n) is 11.2. The third kappa shape index (κ3) is 2.93. The van der Waals surface area contributed by atoms with Crippen LogP contribution in [0, 0.1) is 0 Å². The first kappa shape index (κ1) is 14.8. The Morgan fingerprint density at radius 2 is 2.00 bits per heavy atom. The molecule has 3 nitrogen and oxygen atoms in total. The Bertz CT molecular complexity index is 519. The van der Waals surface area contributed by atoms with Gasteiger partial charge < -0.3 is 4.57 Å². The van der Waals surface area contributed by atoms with Crippen LogP contribution in [0.2, 0.25) is 0 Å². The van der Waals surface area contributed by atoms with Crippen LogP contribution in [0.5, 0.6) is 0 Å². The summed E-state index contributed by atoms with van der Waals surface area (Å²) >= 11 is 4.22. The molecule has 1 aromatic carbocycles. The van der Waals surface area contributed by atoms with E-state index in [-0.39, 0.29) is 5.78 Å². The first-order valence-corrected chi connectivity index (χ1v) is 7.00. The van der Waals surface area contributed by atoms with Crippen LogP contribution >= 0.6 is 12.6 Å². The van der Waals surface area contributed by atoms with Crippen molar-refractivity contribution in [2.24, 2.45) is 0 Å². The van der Waals surface area contributed by atoms with Gasteiger partial charge in [-0.1, -0.05) is 32.9 Å². The fourth-order valence-electron chi connectivity index (χ4n) is 1.77. The van der Waals surface area contributed by atoms with E-state index < -0.39 is 0 Å². The molecule has 0 unspecified atom stereocenters. The second kappa shape index (κ2) is 7.21. The lowest BCUT2D eigenvalue weighted by atomic mass is 10.3. The standard InChI is InChI=1S/C12H14N2OS.C2H6/c1-2-11(15)12-13-9-5-3-4-6-10(9)14(12)7-8-16;1-2/h3-6,16H,2,7-8H2,1H3;1-2H3. The summed E-state index contributed by atoms with van der Waals surface area (Å²) in [7, 11) is 0. The smallest absolute Gasteiger partial charge is 0.198 e.